The summed E-state index contributed by atoms with van der Waals surface area (Å²) in [6.45, 7) is 0.450. The minimum absolute atomic E-state index is 0. The lowest BCUT2D eigenvalue weighted by molar-refractivity contribution is 0.240. The zero-order valence-electron chi connectivity index (χ0n) is 13.7. The molecule has 1 fully saturated rings. The molecule has 130 valence electrons. The van der Waals surface area contributed by atoms with Crippen LogP contribution in [0.4, 0.5) is 4.79 Å². The van der Waals surface area contributed by atoms with E-state index in [2.05, 4.69) is 32.8 Å². The molecule has 25 heavy (non-hydrogen) atoms. The predicted octanol–water partition coefficient (Wildman–Crippen LogP) is 3.11. The smallest absolute Gasteiger partial charge is 0.315 e. The Morgan fingerprint density at radius 1 is 1.20 bits per heavy atom. The van der Waals surface area contributed by atoms with Gasteiger partial charge in [0.2, 0.25) is 0 Å². The molecule has 2 N–H and O–H groups in total. The Morgan fingerprint density at radius 3 is 2.88 bits per heavy atom. The predicted molar refractivity (Wildman–Crippen MR) is 98.5 cm³/mol. The Labute approximate surface area is 148 Å². The van der Waals surface area contributed by atoms with Crippen LogP contribution in [0.3, 0.4) is 0 Å². The molecular weight excluding hydrogens is 314 g/mol. The van der Waals surface area contributed by atoms with Crippen molar-refractivity contribution in [2.45, 2.75) is 24.9 Å². The van der Waals surface area contributed by atoms with E-state index in [-0.39, 0.29) is 14.9 Å². The minimum Gasteiger partial charge on any atom is -0.335 e. The van der Waals surface area contributed by atoms with Gasteiger partial charge < -0.3 is 10.6 Å². The molecule has 2 aromatic heterocycles. The van der Waals surface area contributed by atoms with Crippen molar-refractivity contribution >= 4 is 6.03 Å². The summed E-state index contributed by atoms with van der Waals surface area (Å²) < 4.78 is 1.69. The summed E-state index contributed by atoms with van der Waals surface area (Å²) in [5, 5.41) is 10.1. The van der Waals surface area contributed by atoms with Gasteiger partial charge >= 0.3 is 6.03 Å². The van der Waals surface area contributed by atoms with Crippen LogP contribution in [0.5, 0.6) is 0 Å². The molecule has 6 nitrogen and oxygen atoms in total. The molecular formula is C19H23N5O. The third kappa shape index (κ3) is 3.68. The van der Waals surface area contributed by atoms with Gasteiger partial charge in [-0.05, 0) is 35.7 Å². The lowest BCUT2D eigenvalue weighted by atomic mass is 10.1. The maximum Gasteiger partial charge on any atom is 0.315 e. The fourth-order valence-corrected chi connectivity index (χ4v) is 2.93. The first kappa shape index (κ1) is 15.4. The Morgan fingerprint density at radius 2 is 2.08 bits per heavy atom. The molecule has 3 aromatic rings. The third-order valence-electron chi connectivity index (χ3n) is 4.34. The van der Waals surface area contributed by atoms with Crippen molar-refractivity contribution in [1.82, 2.24) is 25.4 Å². The number of hydrogen-bond donors (Lipinski definition) is 2. The van der Waals surface area contributed by atoms with Gasteiger partial charge in [-0.25, -0.2) is 14.5 Å². The lowest BCUT2D eigenvalue weighted by Gasteiger charge is -2.08. The van der Waals surface area contributed by atoms with Gasteiger partial charge in [-0.1, -0.05) is 30.3 Å². The Hall–Kier alpha value is -3.15. The topological polar surface area (TPSA) is 71.8 Å². The van der Waals surface area contributed by atoms with Gasteiger partial charge in [0.25, 0.3) is 0 Å². The number of rotatable bonds is 5. The number of aromatic nitrogens is 3. The highest BCUT2D eigenvalue weighted by atomic mass is 16.2. The SMILES string of the molecule is O=C(NCc1ccnc(-n2cccn2)c1)N[C@@H]1C[C@H]1c1ccccc1.[HH].[HH]. The van der Waals surface area contributed by atoms with Gasteiger partial charge in [-0.15, -0.1) is 0 Å². The molecule has 0 spiro atoms. The van der Waals surface area contributed by atoms with E-state index in [1.54, 1.807) is 17.1 Å². The first-order chi connectivity index (χ1) is 12.3. The van der Waals surface area contributed by atoms with Gasteiger partial charge in [0.1, 0.15) is 0 Å². The maximum absolute atomic E-state index is 12.1. The van der Waals surface area contributed by atoms with Crippen molar-refractivity contribution in [2.75, 3.05) is 0 Å². The molecule has 0 bridgehead atoms. The van der Waals surface area contributed by atoms with Crippen molar-refractivity contribution in [2.24, 2.45) is 0 Å². The largest absolute Gasteiger partial charge is 0.335 e. The average Bonchev–Trinajstić information content (AvgIpc) is 3.19. The van der Waals surface area contributed by atoms with Crippen molar-refractivity contribution in [3.63, 3.8) is 0 Å². The fraction of sp³-hybridized carbons (Fsp3) is 0.211. The van der Waals surface area contributed by atoms with Crippen LogP contribution in [0.2, 0.25) is 0 Å². The molecule has 0 saturated heterocycles. The summed E-state index contributed by atoms with van der Waals surface area (Å²) >= 11 is 0. The summed E-state index contributed by atoms with van der Waals surface area (Å²) in [4.78, 5) is 16.4. The molecule has 0 aliphatic heterocycles. The average molecular weight is 337 g/mol. The van der Waals surface area contributed by atoms with Gasteiger partial charge in [0, 0.05) is 39.9 Å². The van der Waals surface area contributed by atoms with Crippen LogP contribution in [-0.4, -0.2) is 26.8 Å². The second kappa shape index (κ2) is 6.76. The van der Waals surface area contributed by atoms with E-state index < -0.39 is 0 Å². The molecule has 0 unspecified atom stereocenters. The number of urea groups is 1. The van der Waals surface area contributed by atoms with Crippen LogP contribution in [0.1, 0.15) is 26.3 Å². The summed E-state index contributed by atoms with van der Waals surface area (Å²) in [5.41, 5.74) is 2.26. The highest BCUT2D eigenvalue weighted by Gasteiger charge is 2.39. The van der Waals surface area contributed by atoms with Gasteiger partial charge in [-0.2, -0.15) is 5.10 Å². The van der Waals surface area contributed by atoms with E-state index in [1.165, 1.54) is 5.56 Å². The number of amides is 2. The molecule has 1 aromatic carbocycles. The zero-order valence-corrected chi connectivity index (χ0v) is 13.7. The normalized spacial score (nSPS) is 18.6. The summed E-state index contributed by atoms with van der Waals surface area (Å²) in [5.74, 6) is 1.16. The maximum atomic E-state index is 12.1. The standard InChI is InChI=1S/C19H19N5O.2H2/c25-19(23-17-12-16(17)15-5-2-1-3-6-15)21-13-14-7-9-20-18(11-14)24-10-4-8-22-24;;/h1-11,16-17H,12-13H2,(H2,21,23,25);2*1H/t16-,17+;;/m0../s1. The van der Waals surface area contributed by atoms with Crippen LogP contribution in [-0.2, 0) is 6.54 Å². The van der Waals surface area contributed by atoms with Crippen LogP contribution < -0.4 is 10.6 Å². The highest BCUT2D eigenvalue weighted by Crippen LogP contribution is 2.40. The number of benzene rings is 1. The molecule has 2 heterocycles. The van der Waals surface area contributed by atoms with Gasteiger partial charge in [0.05, 0.1) is 0 Å². The molecule has 1 aliphatic carbocycles. The second-order valence-electron chi connectivity index (χ2n) is 6.16. The van der Waals surface area contributed by atoms with Crippen LogP contribution >= 0.6 is 0 Å². The van der Waals surface area contributed by atoms with Crippen molar-refractivity contribution in [1.29, 1.82) is 0 Å². The first-order valence-corrected chi connectivity index (χ1v) is 8.34. The van der Waals surface area contributed by atoms with E-state index in [9.17, 15) is 4.79 Å². The minimum atomic E-state index is -0.138. The van der Waals surface area contributed by atoms with E-state index in [0.717, 1.165) is 17.8 Å². The third-order valence-corrected chi connectivity index (χ3v) is 4.34. The summed E-state index contributed by atoms with van der Waals surface area (Å²) in [7, 11) is 0. The number of carbonyl (C=O) groups is 1. The number of hydrogen-bond acceptors (Lipinski definition) is 3. The highest BCUT2D eigenvalue weighted by molar-refractivity contribution is 5.75. The van der Waals surface area contributed by atoms with Gasteiger partial charge in [-0.3, -0.25) is 0 Å². The Kier molecular flexibility index (Phi) is 4.16. The molecule has 6 heteroatoms. The quantitative estimate of drug-likeness (QED) is 0.751. The molecule has 2 atom stereocenters. The van der Waals surface area contributed by atoms with Crippen molar-refractivity contribution in [3.05, 3.63) is 78.2 Å². The Balaban J connectivity index is 0.00000131. The lowest BCUT2D eigenvalue weighted by Crippen LogP contribution is -2.36. The van der Waals surface area contributed by atoms with Gasteiger partial charge in [0.15, 0.2) is 5.82 Å². The molecule has 1 aliphatic rings. The second-order valence-corrected chi connectivity index (χ2v) is 6.16. The van der Waals surface area contributed by atoms with E-state index in [1.807, 2.05) is 42.6 Å². The Bertz CT molecular complexity index is 858. The molecule has 2 amide bonds. The number of nitrogens with one attached hydrogen (secondary N) is 2. The van der Waals surface area contributed by atoms with Crippen molar-refractivity contribution < 1.29 is 7.65 Å². The number of carbonyl (C=O) groups excluding carboxylic acids is 1. The summed E-state index contributed by atoms with van der Waals surface area (Å²) in [6, 6.07) is 16.0. The summed E-state index contributed by atoms with van der Waals surface area (Å²) in [6.07, 6.45) is 6.26. The number of nitrogens with zero attached hydrogens (tertiary/aromatic N) is 3. The molecule has 1 saturated carbocycles. The van der Waals surface area contributed by atoms with E-state index in [4.69, 9.17) is 0 Å². The fourth-order valence-electron chi connectivity index (χ4n) is 2.93. The number of pyridine rings is 1. The molecule has 0 radical (unpaired) electrons. The molecule has 4 rings (SSSR count). The van der Waals surface area contributed by atoms with Crippen LogP contribution in [0, 0.1) is 0 Å². The van der Waals surface area contributed by atoms with Crippen LogP contribution in [0.15, 0.2) is 67.1 Å². The zero-order chi connectivity index (χ0) is 17.1. The van der Waals surface area contributed by atoms with Crippen molar-refractivity contribution in [3.8, 4) is 5.82 Å². The van der Waals surface area contributed by atoms with Crippen LogP contribution in [0.25, 0.3) is 5.82 Å². The first-order valence-electron chi connectivity index (χ1n) is 8.34. The monoisotopic (exact) mass is 337 g/mol. The van der Waals surface area contributed by atoms with E-state index >= 15 is 0 Å². The van der Waals surface area contributed by atoms with E-state index in [0.29, 0.717) is 12.5 Å².